The molecule has 1 aliphatic carbocycles. The molecule has 5 heteroatoms. The standard InChI is InChI=1S/C11H14BrN3O/c12-7-11(3-1-2-4-11)15-10(16)9-5-13-8-14-6-9/h5-6,8H,1-4,7H2,(H,15,16). The summed E-state index contributed by atoms with van der Waals surface area (Å²) < 4.78 is 0. The number of rotatable bonds is 3. The molecule has 1 fully saturated rings. The molecule has 0 atom stereocenters. The van der Waals surface area contributed by atoms with E-state index in [4.69, 9.17) is 0 Å². The number of aromatic nitrogens is 2. The molecule has 2 rings (SSSR count). The van der Waals surface area contributed by atoms with Crippen molar-refractivity contribution in [3.8, 4) is 0 Å². The molecule has 1 aliphatic rings. The summed E-state index contributed by atoms with van der Waals surface area (Å²) in [6.45, 7) is 0. The van der Waals surface area contributed by atoms with Crippen molar-refractivity contribution in [3.63, 3.8) is 0 Å². The van der Waals surface area contributed by atoms with Crippen molar-refractivity contribution in [3.05, 3.63) is 24.3 Å². The van der Waals surface area contributed by atoms with E-state index in [-0.39, 0.29) is 11.4 Å². The van der Waals surface area contributed by atoms with Crippen LogP contribution in [0.15, 0.2) is 18.7 Å². The number of hydrogen-bond donors (Lipinski definition) is 1. The summed E-state index contributed by atoms with van der Waals surface area (Å²) in [5, 5.41) is 3.90. The zero-order valence-corrected chi connectivity index (χ0v) is 10.5. The summed E-state index contributed by atoms with van der Waals surface area (Å²) in [4.78, 5) is 19.6. The van der Waals surface area contributed by atoms with Crippen molar-refractivity contribution < 1.29 is 4.79 Å². The fraction of sp³-hybridized carbons (Fsp3) is 0.545. The average Bonchev–Trinajstić information content (AvgIpc) is 2.79. The van der Waals surface area contributed by atoms with E-state index in [1.165, 1.54) is 19.2 Å². The second kappa shape index (κ2) is 4.91. The van der Waals surface area contributed by atoms with Crippen molar-refractivity contribution in [2.24, 2.45) is 0 Å². The molecule has 1 saturated carbocycles. The van der Waals surface area contributed by atoms with Gasteiger partial charge in [-0.2, -0.15) is 0 Å². The summed E-state index contributed by atoms with van der Waals surface area (Å²) in [6.07, 6.45) is 8.94. The Bertz CT molecular complexity index is 363. The second-order valence-electron chi connectivity index (χ2n) is 4.20. The van der Waals surface area contributed by atoms with E-state index in [1.807, 2.05) is 0 Å². The Kier molecular flexibility index (Phi) is 3.53. The molecule has 0 radical (unpaired) electrons. The largest absolute Gasteiger partial charge is 0.346 e. The number of nitrogens with zero attached hydrogens (tertiary/aromatic N) is 2. The Morgan fingerprint density at radius 3 is 2.56 bits per heavy atom. The molecule has 1 aromatic rings. The van der Waals surface area contributed by atoms with Crippen LogP contribution in [0.4, 0.5) is 0 Å². The Morgan fingerprint density at radius 1 is 1.38 bits per heavy atom. The molecule has 0 unspecified atom stereocenters. The van der Waals surface area contributed by atoms with Gasteiger partial charge in [0.2, 0.25) is 0 Å². The highest BCUT2D eigenvalue weighted by Crippen LogP contribution is 2.31. The molecule has 0 aliphatic heterocycles. The van der Waals surface area contributed by atoms with Crippen LogP contribution >= 0.6 is 15.9 Å². The maximum atomic E-state index is 12.0. The lowest BCUT2D eigenvalue weighted by molar-refractivity contribution is 0.0909. The predicted molar refractivity (Wildman–Crippen MR) is 64.5 cm³/mol. The lowest BCUT2D eigenvalue weighted by atomic mass is 10.0. The van der Waals surface area contributed by atoms with E-state index in [0.29, 0.717) is 5.56 Å². The molecular weight excluding hydrogens is 270 g/mol. The zero-order chi connectivity index (χ0) is 11.4. The summed E-state index contributed by atoms with van der Waals surface area (Å²) in [6, 6.07) is 0. The summed E-state index contributed by atoms with van der Waals surface area (Å²) in [7, 11) is 0. The lowest BCUT2D eigenvalue weighted by Gasteiger charge is -2.27. The number of amides is 1. The number of halogens is 1. The summed E-state index contributed by atoms with van der Waals surface area (Å²) in [5.74, 6) is -0.0815. The van der Waals surface area contributed by atoms with Crippen LogP contribution in [0, 0.1) is 0 Å². The van der Waals surface area contributed by atoms with Gasteiger partial charge in [-0.15, -0.1) is 0 Å². The highest BCUT2D eigenvalue weighted by atomic mass is 79.9. The van der Waals surface area contributed by atoms with Crippen molar-refractivity contribution in [2.75, 3.05) is 5.33 Å². The maximum Gasteiger partial charge on any atom is 0.254 e. The van der Waals surface area contributed by atoms with Gasteiger partial charge in [0.05, 0.1) is 11.1 Å². The Hall–Kier alpha value is -0.970. The highest BCUT2D eigenvalue weighted by Gasteiger charge is 2.34. The third-order valence-electron chi connectivity index (χ3n) is 3.02. The summed E-state index contributed by atoms with van der Waals surface area (Å²) >= 11 is 3.49. The van der Waals surface area contributed by atoms with E-state index in [2.05, 4.69) is 31.2 Å². The number of carbonyl (C=O) groups is 1. The van der Waals surface area contributed by atoms with Gasteiger partial charge in [-0.05, 0) is 12.8 Å². The Labute approximate surface area is 103 Å². The van der Waals surface area contributed by atoms with Gasteiger partial charge in [0.25, 0.3) is 5.91 Å². The minimum Gasteiger partial charge on any atom is -0.346 e. The Morgan fingerprint density at radius 2 is 2.00 bits per heavy atom. The second-order valence-corrected chi connectivity index (χ2v) is 4.76. The van der Waals surface area contributed by atoms with Gasteiger partial charge in [0.15, 0.2) is 0 Å². The van der Waals surface area contributed by atoms with E-state index >= 15 is 0 Å². The van der Waals surface area contributed by atoms with Gasteiger partial charge in [0.1, 0.15) is 6.33 Å². The fourth-order valence-electron chi connectivity index (χ4n) is 2.07. The zero-order valence-electron chi connectivity index (χ0n) is 8.95. The van der Waals surface area contributed by atoms with Crippen LogP contribution in [-0.2, 0) is 0 Å². The molecule has 0 bridgehead atoms. The van der Waals surface area contributed by atoms with Crippen molar-refractivity contribution in [2.45, 2.75) is 31.2 Å². The fourth-order valence-corrected chi connectivity index (χ4v) is 2.77. The molecule has 4 nitrogen and oxygen atoms in total. The van der Waals surface area contributed by atoms with Crippen LogP contribution in [-0.4, -0.2) is 26.7 Å². The molecule has 1 heterocycles. The van der Waals surface area contributed by atoms with Gasteiger partial charge in [-0.1, -0.05) is 28.8 Å². The first-order valence-corrected chi connectivity index (χ1v) is 6.51. The number of hydrogen-bond acceptors (Lipinski definition) is 3. The molecule has 1 aromatic heterocycles. The van der Waals surface area contributed by atoms with Crippen molar-refractivity contribution >= 4 is 21.8 Å². The third kappa shape index (κ3) is 2.40. The topological polar surface area (TPSA) is 54.9 Å². The number of carbonyl (C=O) groups excluding carboxylic acids is 1. The lowest BCUT2D eigenvalue weighted by Crippen LogP contribution is -2.47. The SMILES string of the molecule is O=C(NC1(CBr)CCCC1)c1cncnc1. The molecule has 0 saturated heterocycles. The van der Waals surface area contributed by atoms with Crippen molar-refractivity contribution in [1.29, 1.82) is 0 Å². The first-order chi connectivity index (χ1) is 7.76. The number of alkyl halides is 1. The van der Waals surface area contributed by atoms with Gasteiger partial charge >= 0.3 is 0 Å². The van der Waals surface area contributed by atoms with Crippen LogP contribution in [0.5, 0.6) is 0 Å². The van der Waals surface area contributed by atoms with E-state index in [0.717, 1.165) is 18.2 Å². The minimum atomic E-state index is -0.0815. The van der Waals surface area contributed by atoms with Gasteiger partial charge in [-0.25, -0.2) is 9.97 Å². The highest BCUT2D eigenvalue weighted by molar-refractivity contribution is 9.09. The number of nitrogens with one attached hydrogen (secondary N) is 1. The molecule has 1 amide bonds. The average molecular weight is 284 g/mol. The molecule has 86 valence electrons. The van der Waals surface area contributed by atoms with E-state index < -0.39 is 0 Å². The molecular formula is C11H14BrN3O. The maximum absolute atomic E-state index is 12.0. The molecule has 0 aromatic carbocycles. The van der Waals surface area contributed by atoms with Crippen LogP contribution < -0.4 is 5.32 Å². The normalized spacial score (nSPS) is 18.3. The summed E-state index contributed by atoms with van der Waals surface area (Å²) in [5.41, 5.74) is 0.446. The van der Waals surface area contributed by atoms with Crippen LogP contribution in [0.25, 0.3) is 0 Å². The molecule has 16 heavy (non-hydrogen) atoms. The predicted octanol–water partition coefficient (Wildman–Crippen LogP) is 1.91. The van der Waals surface area contributed by atoms with Gasteiger partial charge in [0, 0.05) is 17.7 Å². The first-order valence-electron chi connectivity index (χ1n) is 5.39. The van der Waals surface area contributed by atoms with Gasteiger partial charge < -0.3 is 5.32 Å². The van der Waals surface area contributed by atoms with Gasteiger partial charge in [-0.3, -0.25) is 4.79 Å². The quantitative estimate of drug-likeness (QED) is 0.863. The monoisotopic (exact) mass is 283 g/mol. The Balaban J connectivity index is 2.07. The smallest absolute Gasteiger partial charge is 0.254 e. The van der Waals surface area contributed by atoms with Crippen LogP contribution in [0.3, 0.4) is 0 Å². The molecule has 0 spiro atoms. The third-order valence-corrected chi connectivity index (χ3v) is 4.09. The van der Waals surface area contributed by atoms with Crippen LogP contribution in [0.2, 0.25) is 0 Å². The van der Waals surface area contributed by atoms with Crippen LogP contribution in [0.1, 0.15) is 36.0 Å². The van der Waals surface area contributed by atoms with E-state index in [1.54, 1.807) is 12.4 Å². The minimum absolute atomic E-state index is 0.0765. The molecule has 1 N–H and O–H groups in total. The first kappa shape index (κ1) is 11.5. The van der Waals surface area contributed by atoms with Crippen molar-refractivity contribution in [1.82, 2.24) is 15.3 Å². The van der Waals surface area contributed by atoms with E-state index in [9.17, 15) is 4.79 Å².